The summed E-state index contributed by atoms with van der Waals surface area (Å²) in [6.07, 6.45) is -6.57. The van der Waals surface area contributed by atoms with Crippen LogP contribution in [0.4, 0.5) is 0 Å². The molecule has 0 radical (unpaired) electrons. The molecule has 5 atom stereocenters. The summed E-state index contributed by atoms with van der Waals surface area (Å²) >= 11 is 2.75. The molecule has 1 fully saturated rings. The van der Waals surface area contributed by atoms with Crippen LogP contribution in [0.3, 0.4) is 0 Å². The van der Waals surface area contributed by atoms with Crippen LogP contribution in [0.15, 0.2) is 0 Å². The first kappa shape index (κ1) is 25.0. The number of carbonyl (C=O) groups excluding carboxylic acids is 5. The average molecular weight is 483 g/mol. The van der Waals surface area contributed by atoms with Crippen LogP contribution in [0.5, 0.6) is 0 Å². The van der Waals surface area contributed by atoms with Gasteiger partial charge in [-0.05, 0) is 6.92 Å². The molecule has 1 aliphatic heterocycles. The van der Waals surface area contributed by atoms with Gasteiger partial charge in [-0.2, -0.15) is 0 Å². The Morgan fingerprint density at radius 3 is 1.86 bits per heavy atom. The quantitative estimate of drug-likeness (QED) is 0.339. The van der Waals surface area contributed by atoms with Crippen LogP contribution in [0.25, 0.3) is 0 Å². The molecule has 1 saturated heterocycles. The molecule has 1 aliphatic rings. The molecule has 0 N–H and O–H groups in total. The van der Waals surface area contributed by atoms with Crippen LogP contribution in [0.1, 0.15) is 40.5 Å². The van der Waals surface area contributed by atoms with Gasteiger partial charge in [0, 0.05) is 27.2 Å². The fraction of sp³-hybridized carbons (Fsp3) is 0.706. The first-order valence-corrected chi connectivity index (χ1v) is 9.29. The van der Waals surface area contributed by atoms with Gasteiger partial charge in [-0.3, -0.25) is 23.0 Å². The van der Waals surface area contributed by atoms with Gasteiger partial charge in [-0.1, -0.05) is 0 Å². The van der Waals surface area contributed by atoms with Gasteiger partial charge in [-0.25, -0.2) is 0 Å². The molecule has 1 heterocycles. The normalized spacial score (nSPS) is 26.2. The van der Waals surface area contributed by atoms with E-state index < -0.39 is 54.6 Å². The Hall–Kier alpha value is -2.05. The van der Waals surface area contributed by atoms with Crippen molar-refractivity contribution in [2.75, 3.05) is 6.61 Å². The fourth-order valence-corrected chi connectivity index (χ4v) is 2.86. The maximum absolute atomic E-state index is 12.1. The fourth-order valence-electron chi connectivity index (χ4n) is 2.56. The third-order valence-corrected chi connectivity index (χ3v) is 4.05. The van der Waals surface area contributed by atoms with Gasteiger partial charge in [0.25, 0.3) is 0 Å². The molecule has 0 amide bonds. The number of rotatable bonds is 9. The number of esters is 4. The van der Waals surface area contributed by atoms with Crippen molar-refractivity contribution >= 4 is 45.9 Å². The third-order valence-electron chi connectivity index (χ3n) is 3.68. The molecular weight excluding hydrogens is 460 g/mol. The predicted molar refractivity (Wildman–Crippen MR) is 96.2 cm³/mol. The van der Waals surface area contributed by atoms with E-state index in [0.29, 0.717) is 0 Å². The molecule has 0 aromatic heterocycles. The summed E-state index contributed by atoms with van der Waals surface area (Å²) < 4.78 is 31.2. The maximum atomic E-state index is 12.1. The molecule has 0 saturated carbocycles. The van der Waals surface area contributed by atoms with Crippen molar-refractivity contribution in [1.82, 2.24) is 0 Å². The number of hydrogen-bond donors (Lipinski definition) is 0. The second kappa shape index (κ2) is 11.8. The number of carbonyl (C=O) groups is 5. The standard InChI is InChI=1S/C17H23BrO11/c1-8(19)5-6-13(23)28-16-15(26-11(4)22)14(25-10(3)21)12(7-24-9(2)20)27-17(16)29-18/h12,14-17H,5-7H2,1-4H3/t12-,14+,15+,16-,17-/m1/s1. The second-order valence-electron chi connectivity index (χ2n) is 6.24. The van der Waals surface area contributed by atoms with Gasteiger partial charge in [0.15, 0.2) is 18.3 Å². The number of Topliss-reactive ketones (excluding diaryl/α,β-unsaturated/α-hetero) is 1. The Balaban J connectivity index is 3.16. The predicted octanol–water partition coefficient (Wildman–Crippen LogP) is 0.745. The smallest absolute Gasteiger partial charge is 0.306 e. The van der Waals surface area contributed by atoms with E-state index in [9.17, 15) is 24.0 Å². The minimum atomic E-state index is -1.34. The topological polar surface area (TPSA) is 141 Å². The summed E-state index contributed by atoms with van der Waals surface area (Å²) in [4.78, 5) is 57.6. The zero-order valence-corrected chi connectivity index (χ0v) is 18.0. The van der Waals surface area contributed by atoms with Crippen LogP contribution in [0.2, 0.25) is 0 Å². The van der Waals surface area contributed by atoms with Crippen molar-refractivity contribution in [3.63, 3.8) is 0 Å². The van der Waals surface area contributed by atoms with Gasteiger partial charge >= 0.3 is 23.9 Å². The molecule has 0 aromatic carbocycles. The number of ether oxygens (including phenoxy) is 5. The van der Waals surface area contributed by atoms with Gasteiger partial charge in [0.1, 0.15) is 34.8 Å². The lowest BCUT2D eigenvalue weighted by molar-refractivity contribution is -0.284. The Bertz CT molecular complexity index is 635. The lowest BCUT2D eigenvalue weighted by Crippen LogP contribution is -2.62. The van der Waals surface area contributed by atoms with Gasteiger partial charge < -0.3 is 28.5 Å². The van der Waals surface area contributed by atoms with Crippen molar-refractivity contribution in [2.24, 2.45) is 0 Å². The lowest BCUT2D eigenvalue weighted by atomic mass is 9.98. The van der Waals surface area contributed by atoms with Gasteiger partial charge in [0.2, 0.25) is 6.29 Å². The van der Waals surface area contributed by atoms with E-state index in [1.165, 1.54) is 13.8 Å². The van der Waals surface area contributed by atoms with Crippen molar-refractivity contribution in [3.8, 4) is 0 Å². The molecule has 0 aliphatic carbocycles. The Morgan fingerprint density at radius 2 is 1.38 bits per heavy atom. The average Bonchev–Trinajstić information content (AvgIpc) is 2.60. The zero-order valence-electron chi connectivity index (χ0n) is 16.4. The number of ketones is 1. The molecule has 29 heavy (non-hydrogen) atoms. The molecule has 0 spiro atoms. The third kappa shape index (κ3) is 8.46. The molecule has 164 valence electrons. The number of halogens is 1. The minimum Gasteiger partial charge on any atom is -0.463 e. The zero-order chi connectivity index (χ0) is 22.1. The van der Waals surface area contributed by atoms with Crippen LogP contribution < -0.4 is 0 Å². The van der Waals surface area contributed by atoms with E-state index in [4.69, 9.17) is 27.5 Å². The first-order valence-electron chi connectivity index (χ1n) is 8.64. The lowest BCUT2D eigenvalue weighted by Gasteiger charge is -2.43. The van der Waals surface area contributed by atoms with E-state index in [2.05, 4.69) is 16.3 Å². The van der Waals surface area contributed by atoms with Crippen LogP contribution in [0, 0.1) is 0 Å². The van der Waals surface area contributed by atoms with E-state index >= 15 is 0 Å². The highest BCUT2D eigenvalue weighted by atomic mass is 79.9. The number of hydrogen-bond acceptors (Lipinski definition) is 11. The molecule has 0 aromatic rings. The largest absolute Gasteiger partial charge is 0.463 e. The monoisotopic (exact) mass is 482 g/mol. The molecule has 12 heteroatoms. The molecule has 0 bridgehead atoms. The summed E-state index contributed by atoms with van der Waals surface area (Å²) in [7, 11) is 0. The highest BCUT2D eigenvalue weighted by Crippen LogP contribution is 2.30. The summed E-state index contributed by atoms with van der Waals surface area (Å²) in [5.74, 6) is -3.10. The minimum absolute atomic E-state index is 0.0487. The van der Waals surface area contributed by atoms with Gasteiger partial charge in [-0.15, -0.1) is 0 Å². The van der Waals surface area contributed by atoms with Crippen molar-refractivity contribution in [1.29, 1.82) is 0 Å². The van der Waals surface area contributed by atoms with Crippen molar-refractivity contribution in [3.05, 3.63) is 0 Å². The van der Waals surface area contributed by atoms with E-state index in [-0.39, 0.29) is 25.2 Å². The Morgan fingerprint density at radius 1 is 0.793 bits per heavy atom. The van der Waals surface area contributed by atoms with Gasteiger partial charge in [0.05, 0.1) is 6.42 Å². The molecule has 0 unspecified atom stereocenters. The highest BCUT2D eigenvalue weighted by molar-refractivity contribution is 9.06. The van der Waals surface area contributed by atoms with Crippen LogP contribution in [-0.2, 0) is 51.5 Å². The maximum Gasteiger partial charge on any atom is 0.306 e. The summed E-state index contributed by atoms with van der Waals surface area (Å²) in [6, 6.07) is 0. The van der Waals surface area contributed by atoms with E-state index in [1.54, 1.807) is 0 Å². The van der Waals surface area contributed by atoms with E-state index in [0.717, 1.165) is 13.8 Å². The van der Waals surface area contributed by atoms with Crippen LogP contribution in [-0.4, -0.2) is 67.0 Å². The molecule has 1 rings (SSSR count). The molecular formula is C17H23BrO11. The summed E-state index contributed by atoms with van der Waals surface area (Å²) in [6.45, 7) is 4.38. The second-order valence-corrected chi connectivity index (χ2v) is 6.61. The first-order chi connectivity index (χ1) is 13.5. The highest BCUT2D eigenvalue weighted by Gasteiger charge is 2.53. The SMILES string of the molecule is CC(=O)CCC(=O)O[C@H]1[C@@H](OBr)O[C@H](COC(C)=O)[C@H](OC(C)=O)[C@@H]1OC(C)=O. The van der Waals surface area contributed by atoms with Crippen molar-refractivity contribution in [2.45, 2.75) is 71.2 Å². The van der Waals surface area contributed by atoms with E-state index in [1.807, 2.05) is 0 Å². The Labute approximate surface area is 175 Å². The molecule has 11 nitrogen and oxygen atoms in total. The van der Waals surface area contributed by atoms with Crippen LogP contribution >= 0.6 is 16.3 Å². The summed E-state index contributed by atoms with van der Waals surface area (Å²) in [5.41, 5.74) is 0. The van der Waals surface area contributed by atoms with Crippen molar-refractivity contribution < 1.29 is 51.5 Å². The summed E-state index contributed by atoms with van der Waals surface area (Å²) in [5, 5.41) is 0. The Kier molecular flexibility index (Phi) is 10.2.